The van der Waals surface area contributed by atoms with Gasteiger partial charge in [-0.25, -0.2) is 4.98 Å². The number of nitrogens with zero attached hydrogens (tertiary/aromatic N) is 2. The second kappa shape index (κ2) is 5.96. The van der Waals surface area contributed by atoms with E-state index in [0.717, 1.165) is 6.42 Å². The van der Waals surface area contributed by atoms with Crippen molar-refractivity contribution in [3.05, 3.63) is 23.4 Å². The minimum atomic E-state index is -4.11. The summed E-state index contributed by atoms with van der Waals surface area (Å²) < 4.78 is 36.7. The molecule has 0 saturated carbocycles. The number of hydrogen-bond acceptors (Lipinski definition) is 3. The fourth-order valence-corrected chi connectivity index (χ4v) is 2.32. The summed E-state index contributed by atoms with van der Waals surface area (Å²) in [6, 6.07) is 3.48. The van der Waals surface area contributed by atoms with Gasteiger partial charge in [0.25, 0.3) is 0 Å². The van der Waals surface area contributed by atoms with Crippen LogP contribution in [0, 0.1) is 5.92 Å². The number of likely N-dealkylation sites (tertiary alicyclic amines) is 1. The van der Waals surface area contributed by atoms with Gasteiger partial charge in [0, 0.05) is 19.3 Å². The molecule has 1 aliphatic rings. The van der Waals surface area contributed by atoms with Crippen molar-refractivity contribution in [3.8, 4) is 0 Å². The molecule has 1 aliphatic heterocycles. The maximum absolute atomic E-state index is 12.2. The largest absolute Gasteiger partial charge is 0.401 e. The van der Waals surface area contributed by atoms with Crippen LogP contribution in [0.25, 0.3) is 0 Å². The molecular formula is C12H15ClF3N3. The van der Waals surface area contributed by atoms with Crippen molar-refractivity contribution in [3.63, 3.8) is 0 Å². The molecule has 0 bridgehead atoms. The minimum absolute atomic E-state index is 0.222. The third kappa shape index (κ3) is 4.87. The number of alkyl halides is 3. The molecule has 1 fully saturated rings. The number of rotatable bonds is 4. The van der Waals surface area contributed by atoms with Crippen molar-refractivity contribution >= 4 is 17.4 Å². The second-order valence-electron chi connectivity index (χ2n) is 4.75. The summed E-state index contributed by atoms with van der Waals surface area (Å²) in [7, 11) is 0. The highest BCUT2D eigenvalue weighted by atomic mass is 35.5. The molecule has 1 atom stereocenters. The monoisotopic (exact) mass is 293 g/mol. The van der Waals surface area contributed by atoms with Gasteiger partial charge in [0.15, 0.2) is 0 Å². The van der Waals surface area contributed by atoms with Crippen LogP contribution in [0.3, 0.4) is 0 Å². The zero-order valence-corrected chi connectivity index (χ0v) is 11.0. The van der Waals surface area contributed by atoms with Crippen molar-refractivity contribution in [1.29, 1.82) is 0 Å². The predicted molar refractivity (Wildman–Crippen MR) is 68.3 cm³/mol. The fraction of sp³-hybridized carbons (Fsp3) is 0.583. The van der Waals surface area contributed by atoms with Crippen LogP contribution in [0.15, 0.2) is 18.3 Å². The van der Waals surface area contributed by atoms with Crippen molar-refractivity contribution in [1.82, 2.24) is 9.88 Å². The van der Waals surface area contributed by atoms with Crippen LogP contribution >= 0.6 is 11.6 Å². The third-order valence-electron chi connectivity index (χ3n) is 3.07. The number of hydrogen-bond donors (Lipinski definition) is 1. The van der Waals surface area contributed by atoms with Crippen molar-refractivity contribution in [2.24, 2.45) is 5.92 Å². The fourth-order valence-electron chi connectivity index (χ4n) is 2.21. The topological polar surface area (TPSA) is 28.2 Å². The van der Waals surface area contributed by atoms with E-state index in [1.807, 2.05) is 0 Å². The highest BCUT2D eigenvalue weighted by molar-refractivity contribution is 6.30. The number of anilines is 1. The van der Waals surface area contributed by atoms with Gasteiger partial charge in [-0.3, -0.25) is 4.90 Å². The smallest absolute Gasteiger partial charge is 0.370 e. The van der Waals surface area contributed by atoms with Gasteiger partial charge < -0.3 is 5.32 Å². The summed E-state index contributed by atoms with van der Waals surface area (Å²) in [6.07, 6.45) is -1.80. The van der Waals surface area contributed by atoms with E-state index in [1.165, 1.54) is 11.1 Å². The van der Waals surface area contributed by atoms with E-state index in [-0.39, 0.29) is 5.92 Å². The first kappa shape index (κ1) is 14.4. The zero-order chi connectivity index (χ0) is 13.9. The molecule has 1 unspecified atom stereocenters. The summed E-state index contributed by atoms with van der Waals surface area (Å²) >= 11 is 5.72. The molecular weight excluding hydrogens is 279 g/mol. The summed E-state index contributed by atoms with van der Waals surface area (Å²) in [5, 5.41) is 3.68. The van der Waals surface area contributed by atoms with E-state index < -0.39 is 12.7 Å². The van der Waals surface area contributed by atoms with Crippen LogP contribution in [-0.2, 0) is 0 Å². The van der Waals surface area contributed by atoms with Crippen LogP contribution in [0.5, 0.6) is 0 Å². The maximum atomic E-state index is 12.2. The summed E-state index contributed by atoms with van der Waals surface area (Å²) in [5.41, 5.74) is 0. The van der Waals surface area contributed by atoms with Gasteiger partial charge in [-0.15, -0.1) is 0 Å². The lowest BCUT2D eigenvalue weighted by atomic mass is 10.1. The van der Waals surface area contributed by atoms with Gasteiger partial charge in [0.05, 0.1) is 11.6 Å². The Labute approximate surface area is 114 Å². The molecule has 0 aromatic carbocycles. The van der Waals surface area contributed by atoms with Crippen LogP contribution in [0.2, 0.25) is 5.02 Å². The van der Waals surface area contributed by atoms with Gasteiger partial charge in [-0.2, -0.15) is 13.2 Å². The van der Waals surface area contributed by atoms with Crippen LogP contribution < -0.4 is 5.32 Å². The standard InChI is InChI=1S/C12H15ClF3N3/c13-10-1-2-11(18-6-10)17-5-9-3-4-19(7-9)8-12(14,15)16/h1-2,6,9H,3-5,7-8H2,(H,17,18). The number of nitrogens with one attached hydrogen (secondary N) is 1. The molecule has 0 amide bonds. The Kier molecular flexibility index (Phi) is 4.52. The van der Waals surface area contributed by atoms with Gasteiger partial charge in [-0.1, -0.05) is 11.6 Å². The Morgan fingerprint density at radius 2 is 2.21 bits per heavy atom. The average Bonchev–Trinajstić information content (AvgIpc) is 2.73. The Bertz CT molecular complexity index is 408. The lowest BCUT2D eigenvalue weighted by Crippen LogP contribution is -2.33. The number of aromatic nitrogens is 1. The molecule has 106 valence electrons. The van der Waals surface area contributed by atoms with Gasteiger partial charge in [0.1, 0.15) is 5.82 Å². The quantitative estimate of drug-likeness (QED) is 0.925. The lowest BCUT2D eigenvalue weighted by molar-refractivity contribution is -0.143. The minimum Gasteiger partial charge on any atom is -0.370 e. The van der Waals surface area contributed by atoms with Crippen LogP contribution in [0.4, 0.5) is 19.0 Å². The molecule has 0 spiro atoms. The second-order valence-corrected chi connectivity index (χ2v) is 5.18. The van der Waals surface area contributed by atoms with E-state index >= 15 is 0 Å². The first-order valence-electron chi connectivity index (χ1n) is 6.07. The molecule has 1 saturated heterocycles. The molecule has 1 N–H and O–H groups in total. The Morgan fingerprint density at radius 3 is 2.84 bits per heavy atom. The van der Waals surface area contributed by atoms with Crippen molar-refractivity contribution < 1.29 is 13.2 Å². The molecule has 3 nitrogen and oxygen atoms in total. The SMILES string of the molecule is FC(F)(F)CN1CCC(CNc2ccc(Cl)cn2)C1. The molecule has 1 aromatic rings. The molecule has 2 rings (SSSR count). The third-order valence-corrected chi connectivity index (χ3v) is 3.30. The van der Waals surface area contributed by atoms with Crippen molar-refractivity contribution in [2.75, 3.05) is 31.5 Å². The highest BCUT2D eigenvalue weighted by Gasteiger charge is 2.34. The molecule has 2 heterocycles. The summed E-state index contributed by atoms with van der Waals surface area (Å²) in [5.74, 6) is 0.915. The van der Waals surface area contributed by atoms with E-state index in [2.05, 4.69) is 10.3 Å². The maximum Gasteiger partial charge on any atom is 0.401 e. The van der Waals surface area contributed by atoms with E-state index in [1.54, 1.807) is 12.1 Å². The van der Waals surface area contributed by atoms with Crippen LogP contribution in [-0.4, -0.2) is 42.2 Å². The molecule has 0 radical (unpaired) electrons. The average molecular weight is 294 g/mol. The first-order chi connectivity index (χ1) is 8.92. The van der Waals surface area contributed by atoms with E-state index in [0.29, 0.717) is 30.5 Å². The molecule has 19 heavy (non-hydrogen) atoms. The van der Waals surface area contributed by atoms with Crippen LogP contribution in [0.1, 0.15) is 6.42 Å². The van der Waals surface area contributed by atoms with Gasteiger partial charge in [-0.05, 0) is 31.0 Å². The Hall–Kier alpha value is -1.01. The number of pyridine rings is 1. The number of halogens is 4. The Balaban J connectivity index is 1.75. The lowest BCUT2D eigenvalue weighted by Gasteiger charge is -2.18. The van der Waals surface area contributed by atoms with Crippen molar-refractivity contribution in [2.45, 2.75) is 12.6 Å². The molecule has 1 aromatic heterocycles. The normalized spacial score (nSPS) is 20.7. The van der Waals surface area contributed by atoms with E-state index in [9.17, 15) is 13.2 Å². The summed E-state index contributed by atoms with van der Waals surface area (Å²) in [4.78, 5) is 5.53. The molecule has 0 aliphatic carbocycles. The zero-order valence-electron chi connectivity index (χ0n) is 10.3. The highest BCUT2D eigenvalue weighted by Crippen LogP contribution is 2.23. The first-order valence-corrected chi connectivity index (χ1v) is 6.45. The van der Waals surface area contributed by atoms with E-state index in [4.69, 9.17) is 11.6 Å². The molecule has 7 heteroatoms. The van der Waals surface area contributed by atoms with Gasteiger partial charge in [0.2, 0.25) is 0 Å². The predicted octanol–water partition coefficient (Wildman–Crippen LogP) is 3.03. The Morgan fingerprint density at radius 1 is 1.42 bits per heavy atom. The van der Waals surface area contributed by atoms with Gasteiger partial charge >= 0.3 is 6.18 Å². The summed E-state index contributed by atoms with van der Waals surface area (Å²) in [6.45, 7) is 0.783.